The molecule has 1 aliphatic rings. The Hall–Kier alpha value is -0.290. The van der Waals surface area contributed by atoms with E-state index < -0.39 is 0 Å². The summed E-state index contributed by atoms with van der Waals surface area (Å²) in [7, 11) is 0. The predicted molar refractivity (Wildman–Crippen MR) is 83.6 cm³/mol. The summed E-state index contributed by atoms with van der Waals surface area (Å²) in [6, 6.07) is 10.9. The average molecular weight is 340 g/mol. The lowest BCUT2D eigenvalue weighted by molar-refractivity contribution is 0.625. The zero-order chi connectivity index (χ0) is 12.4. The largest absolute Gasteiger partial charge is 0.311 e. The van der Waals surface area contributed by atoms with Gasteiger partial charge in [-0.3, -0.25) is 0 Å². The molecule has 1 aromatic heterocycles. The molecule has 0 spiro atoms. The average Bonchev–Trinajstić information content (AvgIpc) is 2.97. The van der Waals surface area contributed by atoms with Crippen LogP contribution in [0.25, 0.3) is 0 Å². The maximum atomic E-state index is 3.58. The molecule has 0 aliphatic carbocycles. The van der Waals surface area contributed by atoms with Gasteiger partial charge in [-0.05, 0) is 39.0 Å². The van der Waals surface area contributed by atoms with Crippen molar-refractivity contribution in [3.05, 3.63) is 50.6 Å². The van der Waals surface area contributed by atoms with Crippen LogP contribution in [0.1, 0.15) is 16.4 Å². The molecule has 4 heteroatoms. The monoisotopic (exact) mass is 339 g/mol. The van der Waals surface area contributed by atoms with Gasteiger partial charge in [0.25, 0.3) is 0 Å². The van der Waals surface area contributed by atoms with Crippen molar-refractivity contribution >= 4 is 39.0 Å². The third kappa shape index (κ3) is 2.67. The van der Waals surface area contributed by atoms with Crippen LogP contribution in [0.5, 0.6) is 0 Å². The molecule has 18 heavy (non-hydrogen) atoms. The summed E-state index contributed by atoms with van der Waals surface area (Å²) in [5.41, 5.74) is 1.51. The van der Waals surface area contributed by atoms with Gasteiger partial charge in [0.1, 0.15) is 0 Å². The number of fused-ring (bicyclic) bond motifs is 1. The highest BCUT2D eigenvalue weighted by atomic mass is 79.9. The summed E-state index contributed by atoms with van der Waals surface area (Å²) in [5, 5.41) is 5.71. The first-order valence-corrected chi connectivity index (χ1v) is 8.65. The number of benzene rings is 1. The molecule has 3 rings (SSSR count). The lowest BCUT2D eigenvalue weighted by Gasteiger charge is -2.11. The van der Waals surface area contributed by atoms with E-state index in [4.69, 9.17) is 0 Å². The van der Waals surface area contributed by atoms with E-state index in [1.165, 1.54) is 25.6 Å². The molecule has 1 atom stereocenters. The Bertz CT molecular complexity index is 538. The highest BCUT2D eigenvalue weighted by molar-refractivity contribution is 9.10. The molecule has 94 valence electrons. The second-order valence-corrected chi connectivity index (χ2v) is 7.29. The summed E-state index contributed by atoms with van der Waals surface area (Å²) in [6.07, 6.45) is 0. The van der Waals surface area contributed by atoms with E-state index in [2.05, 4.69) is 57.0 Å². The molecule has 0 amide bonds. The molecule has 1 aliphatic heterocycles. The lowest BCUT2D eigenvalue weighted by atomic mass is 10.0. The minimum Gasteiger partial charge on any atom is -0.311 e. The molecule has 0 radical (unpaired) electrons. The standard InChI is InChI=1S/C14H14BrNS2/c15-12-5-6-17-14(12)8-16-7-10-9-18-13-4-2-1-3-11(10)13/h1-6,10,16H,7-9H2. The maximum absolute atomic E-state index is 3.58. The zero-order valence-corrected chi connectivity index (χ0v) is 13.1. The molecule has 1 unspecified atom stereocenters. The number of rotatable bonds is 4. The summed E-state index contributed by atoms with van der Waals surface area (Å²) in [6.45, 7) is 2.02. The van der Waals surface area contributed by atoms with Crippen molar-refractivity contribution in [1.82, 2.24) is 5.32 Å². The number of thiophene rings is 1. The highest BCUT2D eigenvalue weighted by Gasteiger charge is 2.21. The van der Waals surface area contributed by atoms with Crippen LogP contribution in [0.4, 0.5) is 0 Å². The Kier molecular flexibility index (Phi) is 4.09. The molecule has 2 aromatic rings. The Morgan fingerprint density at radius 1 is 1.28 bits per heavy atom. The number of hydrogen-bond donors (Lipinski definition) is 1. The number of thioether (sulfide) groups is 1. The van der Waals surface area contributed by atoms with Gasteiger partial charge in [-0.2, -0.15) is 0 Å². The van der Waals surface area contributed by atoms with E-state index in [0.29, 0.717) is 5.92 Å². The molecule has 1 aromatic carbocycles. The van der Waals surface area contributed by atoms with Crippen LogP contribution in [0, 0.1) is 0 Å². The van der Waals surface area contributed by atoms with E-state index in [9.17, 15) is 0 Å². The molecule has 0 saturated carbocycles. The fourth-order valence-corrected chi connectivity index (χ4v) is 4.93. The van der Waals surface area contributed by atoms with Gasteiger partial charge in [0.15, 0.2) is 0 Å². The van der Waals surface area contributed by atoms with E-state index in [1.54, 1.807) is 11.3 Å². The minimum absolute atomic E-state index is 0.657. The molecular formula is C14H14BrNS2. The van der Waals surface area contributed by atoms with Crippen molar-refractivity contribution in [3.63, 3.8) is 0 Å². The molecule has 0 saturated heterocycles. The number of hydrogen-bond acceptors (Lipinski definition) is 3. The van der Waals surface area contributed by atoms with Crippen molar-refractivity contribution in [3.8, 4) is 0 Å². The first-order chi connectivity index (χ1) is 8.84. The normalized spacial score (nSPS) is 17.9. The summed E-state index contributed by atoms with van der Waals surface area (Å²) < 4.78 is 1.22. The maximum Gasteiger partial charge on any atom is 0.0327 e. The van der Waals surface area contributed by atoms with E-state index in [-0.39, 0.29) is 0 Å². The van der Waals surface area contributed by atoms with E-state index in [0.717, 1.165) is 13.1 Å². The summed E-state index contributed by atoms with van der Waals surface area (Å²) in [4.78, 5) is 2.84. The zero-order valence-electron chi connectivity index (χ0n) is 9.86. The minimum atomic E-state index is 0.657. The van der Waals surface area contributed by atoms with E-state index in [1.807, 2.05) is 11.8 Å². The van der Waals surface area contributed by atoms with Crippen LogP contribution in [-0.4, -0.2) is 12.3 Å². The Labute approximate surface area is 124 Å². The fourth-order valence-electron chi connectivity index (χ4n) is 2.21. The Morgan fingerprint density at radius 2 is 2.17 bits per heavy atom. The predicted octanol–water partition coefficient (Wildman–Crippen LogP) is 4.49. The van der Waals surface area contributed by atoms with Crippen molar-refractivity contribution in [2.45, 2.75) is 17.4 Å². The Balaban J connectivity index is 1.58. The second kappa shape index (κ2) is 5.78. The third-order valence-corrected chi connectivity index (χ3v) is 6.34. The molecule has 0 fully saturated rings. The van der Waals surface area contributed by atoms with E-state index >= 15 is 0 Å². The molecule has 0 bridgehead atoms. The molecular weight excluding hydrogens is 326 g/mol. The topological polar surface area (TPSA) is 12.0 Å². The van der Waals surface area contributed by atoms with Crippen molar-refractivity contribution in [2.24, 2.45) is 0 Å². The van der Waals surface area contributed by atoms with Gasteiger partial charge >= 0.3 is 0 Å². The van der Waals surface area contributed by atoms with Gasteiger partial charge < -0.3 is 5.32 Å². The van der Waals surface area contributed by atoms with Gasteiger partial charge in [-0.15, -0.1) is 23.1 Å². The number of halogens is 1. The first-order valence-electron chi connectivity index (χ1n) is 5.99. The Morgan fingerprint density at radius 3 is 3.00 bits per heavy atom. The quantitative estimate of drug-likeness (QED) is 0.880. The van der Waals surface area contributed by atoms with Gasteiger partial charge in [0, 0.05) is 39.0 Å². The van der Waals surface area contributed by atoms with Crippen LogP contribution >= 0.6 is 39.0 Å². The van der Waals surface area contributed by atoms with Crippen molar-refractivity contribution in [2.75, 3.05) is 12.3 Å². The second-order valence-electron chi connectivity index (χ2n) is 4.37. The smallest absolute Gasteiger partial charge is 0.0327 e. The lowest BCUT2D eigenvalue weighted by Crippen LogP contribution is -2.20. The van der Waals surface area contributed by atoms with Crippen molar-refractivity contribution < 1.29 is 0 Å². The van der Waals surface area contributed by atoms with Gasteiger partial charge in [0.05, 0.1) is 0 Å². The summed E-state index contributed by atoms with van der Waals surface area (Å²) >= 11 is 7.36. The first kappa shape index (κ1) is 12.7. The van der Waals surface area contributed by atoms with Gasteiger partial charge in [-0.1, -0.05) is 18.2 Å². The summed E-state index contributed by atoms with van der Waals surface area (Å²) in [5.74, 6) is 1.86. The van der Waals surface area contributed by atoms with Crippen LogP contribution in [0.3, 0.4) is 0 Å². The third-order valence-electron chi connectivity index (χ3n) is 3.17. The van der Waals surface area contributed by atoms with Crippen LogP contribution in [0.15, 0.2) is 45.1 Å². The van der Waals surface area contributed by atoms with Crippen molar-refractivity contribution in [1.29, 1.82) is 0 Å². The fraction of sp³-hybridized carbons (Fsp3) is 0.286. The highest BCUT2D eigenvalue weighted by Crippen LogP contribution is 2.38. The van der Waals surface area contributed by atoms with Gasteiger partial charge in [0.2, 0.25) is 0 Å². The molecule has 1 N–H and O–H groups in total. The molecule has 2 heterocycles. The van der Waals surface area contributed by atoms with Crippen LogP contribution in [0.2, 0.25) is 0 Å². The SMILES string of the molecule is Brc1ccsc1CNCC1CSc2ccccc21. The molecule has 1 nitrogen and oxygen atoms in total. The number of nitrogens with one attached hydrogen (secondary N) is 1. The van der Waals surface area contributed by atoms with Crippen LogP contribution in [-0.2, 0) is 6.54 Å². The van der Waals surface area contributed by atoms with Gasteiger partial charge in [-0.25, -0.2) is 0 Å². The van der Waals surface area contributed by atoms with Crippen LogP contribution < -0.4 is 5.32 Å².